The summed E-state index contributed by atoms with van der Waals surface area (Å²) in [5, 5.41) is 9.47. The van der Waals surface area contributed by atoms with Gasteiger partial charge in [-0.3, -0.25) is 0 Å². The van der Waals surface area contributed by atoms with Gasteiger partial charge in [0.25, 0.3) is 0 Å². The number of thiophene rings is 1. The van der Waals surface area contributed by atoms with Gasteiger partial charge in [-0.1, -0.05) is 0 Å². The van der Waals surface area contributed by atoms with Crippen LogP contribution in [0.3, 0.4) is 0 Å². The van der Waals surface area contributed by atoms with Crippen LogP contribution in [0, 0.1) is 0 Å². The molecule has 1 aliphatic rings. The minimum atomic E-state index is -0.111. The molecular weight excluding hydrogens is 398 g/mol. The molecule has 8 heteroatoms. The molecular formula is C22H25N5O2S. The van der Waals surface area contributed by atoms with Gasteiger partial charge in [0.1, 0.15) is 29.3 Å². The van der Waals surface area contributed by atoms with E-state index in [1.54, 1.807) is 29.3 Å². The van der Waals surface area contributed by atoms with Crippen LogP contribution in [0.15, 0.2) is 30.6 Å². The normalized spacial score (nSPS) is 17.2. The van der Waals surface area contributed by atoms with Crippen molar-refractivity contribution >= 4 is 27.2 Å². The third kappa shape index (κ3) is 3.20. The Balaban J connectivity index is 1.53. The van der Waals surface area contributed by atoms with Crippen molar-refractivity contribution in [3.05, 3.63) is 46.9 Å². The highest BCUT2D eigenvalue weighted by molar-refractivity contribution is 7.19. The largest absolute Gasteiger partial charge is 0.497 e. The average molecular weight is 424 g/mol. The zero-order valence-electron chi connectivity index (χ0n) is 17.8. The SMILES string of the molecule is COc1ccc(OCc2nc3c4c5c(sc4ncn3n2)C(C)(C)NC(C)(C)C5)cc1. The molecule has 0 amide bonds. The first kappa shape index (κ1) is 19.3. The van der Waals surface area contributed by atoms with E-state index in [9.17, 15) is 0 Å². The van der Waals surface area contributed by atoms with Crippen LogP contribution in [-0.2, 0) is 18.6 Å². The fourth-order valence-electron chi connectivity index (χ4n) is 4.44. The maximum atomic E-state index is 5.87. The molecule has 3 aromatic heterocycles. The number of benzene rings is 1. The monoisotopic (exact) mass is 423 g/mol. The maximum Gasteiger partial charge on any atom is 0.189 e. The van der Waals surface area contributed by atoms with Gasteiger partial charge in [0.05, 0.1) is 12.5 Å². The topological polar surface area (TPSA) is 73.6 Å². The third-order valence-corrected chi connectivity index (χ3v) is 6.90. The summed E-state index contributed by atoms with van der Waals surface area (Å²) < 4.78 is 12.8. The maximum absolute atomic E-state index is 5.87. The number of nitrogens with zero attached hydrogens (tertiary/aromatic N) is 4. The van der Waals surface area contributed by atoms with Crippen LogP contribution in [0.2, 0.25) is 0 Å². The predicted molar refractivity (Wildman–Crippen MR) is 117 cm³/mol. The van der Waals surface area contributed by atoms with Crippen LogP contribution in [0.5, 0.6) is 11.5 Å². The van der Waals surface area contributed by atoms with Gasteiger partial charge in [0.2, 0.25) is 0 Å². The van der Waals surface area contributed by atoms with Crippen LogP contribution < -0.4 is 14.8 Å². The van der Waals surface area contributed by atoms with Crippen molar-refractivity contribution < 1.29 is 9.47 Å². The Bertz CT molecular complexity index is 1240. The Morgan fingerprint density at radius 3 is 2.60 bits per heavy atom. The smallest absolute Gasteiger partial charge is 0.189 e. The van der Waals surface area contributed by atoms with Gasteiger partial charge in [-0.2, -0.15) is 0 Å². The lowest BCUT2D eigenvalue weighted by atomic mass is 9.82. The van der Waals surface area contributed by atoms with Gasteiger partial charge < -0.3 is 14.8 Å². The summed E-state index contributed by atoms with van der Waals surface area (Å²) in [5.74, 6) is 2.18. The van der Waals surface area contributed by atoms with E-state index in [0.29, 0.717) is 12.4 Å². The number of hydrogen-bond acceptors (Lipinski definition) is 7. The van der Waals surface area contributed by atoms with Crippen molar-refractivity contribution in [1.82, 2.24) is 24.9 Å². The lowest BCUT2D eigenvalue weighted by Gasteiger charge is -2.42. The number of methoxy groups -OCH3 is 1. The molecule has 7 nitrogen and oxygen atoms in total. The van der Waals surface area contributed by atoms with E-state index in [2.05, 4.69) is 43.1 Å². The van der Waals surface area contributed by atoms with Crippen LogP contribution in [0.1, 0.15) is 44.0 Å². The van der Waals surface area contributed by atoms with Crippen molar-refractivity contribution in [1.29, 1.82) is 0 Å². The molecule has 0 atom stereocenters. The summed E-state index contributed by atoms with van der Waals surface area (Å²) >= 11 is 1.75. The summed E-state index contributed by atoms with van der Waals surface area (Å²) in [6.07, 6.45) is 2.67. The molecule has 0 radical (unpaired) electrons. The van der Waals surface area contributed by atoms with Crippen molar-refractivity contribution in [2.75, 3.05) is 7.11 Å². The van der Waals surface area contributed by atoms with Crippen LogP contribution in [-0.4, -0.2) is 32.2 Å². The minimum Gasteiger partial charge on any atom is -0.497 e. The molecule has 0 spiro atoms. The van der Waals surface area contributed by atoms with E-state index in [1.807, 2.05) is 24.3 Å². The van der Waals surface area contributed by atoms with Crippen molar-refractivity contribution in [2.24, 2.45) is 0 Å². The van der Waals surface area contributed by atoms with Crippen molar-refractivity contribution in [3.8, 4) is 11.5 Å². The predicted octanol–water partition coefficient (Wildman–Crippen LogP) is 4.09. The Labute approximate surface area is 179 Å². The Morgan fingerprint density at radius 2 is 1.87 bits per heavy atom. The Morgan fingerprint density at radius 1 is 1.13 bits per heavy atom. The van der Waals surface area contributed by atoms with Gasteiger partial charge >= 0.3 is 0 Å². The van der Waals surface area contributed by atoms with Crippen LogP contribution in [0.25, 0.3) is 15.9 Å². The van der Waals surface area contributed by atoms with Gasteiger partial charge in [-0.15, -0.1) is 16.4 Å². The first-order valence-electron chi connectivity index (χ1n) is 9.98. The molecule has 0 saturated heterocycles. The molecule has 1 aliphatic heterocycles. The molecule has 0 saturated carbocycles. The summed E-state index contributed by atoms with van der Waals surface area (Å²) in [4.78, 5) is 11.8. The number of rotatable bonds is 4. The number of aromatic nitrogens is 4. The second-order valence-corrected chi connectivity index (χ2v) is 9.90. The number of nitrogens with one attached hydrogen (secondary N) is 1. The van der Waals surface area contributed by atoms with E-state index < -0.39 is 0 Å². The first-order chi connectivity index (χ1) is 14.3. The number of hydrogen-bond donors (Lipinski definition) is 1. The second kappa shape index (κ2) is 6.65. The Kier molecular flexibility index (Phi) is 4.27. The molecule has 0 fully saturated rings. The molecule has 0 unspecified atom stereocenters. The molecule has 30 heavy (non-hydrogen) atoms. The second-order valence-electron chi connectivity index (χ2n) is 8.91. The molecule has 0 aliphatic carbocycles. The summed E-state index contributed by atoms with van der Waals surface area (Å²) in [6.45, 7) is 9.24. The highest BCUT2D eigenvalue weighted by Crippen LogP contribution is 2.44. The van der Waals surface area contributed by atoms with Gasteiger partial charge in [-0.25, -0.2) is 14.5 Å². The quantitative estimate of drug-likeness (QED) is 0.533. The van der Waals surface area contributed by atoms with E-state index in [-0.39, 0.29) is 11.1 Å². The van der Waals surface area contributed by atoms with Crippen LogP contribution >= 0.6 is 11.3 Å². The molecule has 1 N–H and O–H groups in total. The first-order valence-corrected chi connectivity index (χ1v) is 10.8. The zero-order chi connectivity index (χ0) is 21.1. The number of ether oxygens (including phenoxy) is 2. The molecule has 4 aromatic rings. The lowest BCUT2D eigenvalue weighted by Crippen LogP contribution is -2.54. The van der Waals surface area contributed by atoms with Crippen LogP contribution in [0.4, 0.5) is 0 Å². The number of fused-ring (bicyclic) bond motifs is 5. The fourth-order valence-corrected chi connectivity index (χ4v) is 5.66. The summed E-state index contributed by atoms with van der Waals surface area (Å²) in [6, 6.07) is 7.49. The van der Waals surface area contributed by atoms with Gasteiger partial charge in [-0.05, 0) is 63.9 Å². The average Bonchev–Trinajstić information content (AvgIpc) is 3.26. The molecule has 1 aromatic carbocycles. The van der Waals surface area contributed by atoms with E-state index in [0.717, 1.165) is 33.8 Å². The van der Waals surface area contributed by atoms with Gasteiger partial charge in [0, 0.05) is 16.0 Å². The zero-order valence-corrected chi connectivity index (χ0v) is 18.6. The van der Waals surface area contributed by atoms with Crippen molar-refractivity contribution in [2.45, 2.75) is 51.8 Å². The van der Waals surface area contributed by atoms with E-state index >= 15 is 0 Å². The molecule has 4 heterocycles. The lowest BCUT2D eigenvalue weighted by molar-refractivity contribution is 0.248. The summed E-state index contributed by atoms with van der Waals surface area (Å²) in [5.41, 5.74) is 2.06. The molecule has 5 rings (SSSR count). The Hall–Kier alpha value is -2.71. The summed E-state index contributed by atoms with van der Waals surface area (Å²) in [7, 11) is 1.65. The van der Waals surface area contributed by atoms with E-state index in [1.165, 1.54) is 10.4 Å². The molecule has 0 bridgehead atoms. The minimum absolute atomic E-state index is 0.00232. The highest BCUT2D eigenvalue weighted by atomic mass is 32.1. The fraction of sp³-hybridized carbons (Fsp3) is 0.409. The van der Waals surface area contributed by atoms with Crippen molar-refractivity contribution in [3.63, 3.8) is 0 Å². The standard InChI is InChI=1S/C22H25N5O2S/c1-21(2)10-15-17-19-24-16(11-29-14-8-6-13(28-5)7-9-14)25-27(19)12-23-20(17)30-18(15)22(3,4)26-21/h6-9,12,26H,10-11H2,1-5H3. The van der Waals surface area contributed by atoms with E-state index in [4.69, 9.17) is 14.5 Å². The van der Waals surface area contributed by atoms with Gasteiger partial charge in [0.15, 0.2) is 11.5 Å². The highest BCUT2D eigenvalue weighted by Gasteiger charge is 2.39. The third-order valence-electron chi connectivity index (χ3n) is 5.44. The molecule has 156 valence electrons.